The van der Waals surface area contributed by atoms with Crippen LogP contribution in [0.1, 0.15) is 47.1 Å². The lowest BCUT2D eigenvalue weighted by atomic mass is 10.1. The van der Waals surface area contributed by atoms with Crippen molar-refractivity contribution < 1.29 is 13.6 Å². The summed E-state index contributed by atoms with van der Waals surface area (Å²) in [6, 6.07) is 5.95. The molecule has 0 aliphatic rings. The predicted molar refractivity (Wildman–Crippen MR) is 118 cm³/mol. The van der Waals surface area contributed by atoms with E-state index in [1.165, 1.54) is 12.1 Å². The van der Waals surface area contributed by atoms with Gasteiger partial charge in [-0.3, -0.25) is 4.79 Å². The van der Waals surface area contributed by atoms with Gasteiger partial charge in [0.2, 0.25) is 0 Å². The third kappa shape index (κ3) is 6.54. The largest absolute Gasteiger partial charge is 0.518 e. The molecule has 1 rings (SSSR count). The van der Waals surface area contributed by atoms with Gasteiger partial charge in [0.15, 0.2) is 0 Å². The van der Waals surface area contributed by atoms with Crippen molar-refractivity contribution in [2.45, 2.75) is 90.3 Å². The smallest absolute Gasteiger partial charge is 0.309 e. The quantitative estimate of drug-likeness (QED) is 0.594. The molecule has 0 saturated heterocycles. The average molecular weight is 412 g/mol. The molecule has 1 unspecified atom stereocenters. The number of hydrogen-bond donors (Lipinski definition) is 1. The second-order valence-electron chi connectivity index (χ2n) is 10.6. The highest BCUT2D eigenvalue weighted by atomic mass is 28.4. The van der Waals surface area contributed by atoms with Crippen LogP contribution in [0.2, 0.25) is 36.3 Å². The van der Waals surface area contributed by atoms with Gasteiger partial charge in [0, 0.05) is 0 Å². The van der Waals surface area contributed by atoms with Gasteiger partial charge in [0.1, 0.15) is 20.1 Å². The molecular formula is C21H38FNO2Si2. The molecule has 0 fully saturated rings. The van der Waals surface area contributed by atoms with Gasteiger partial charge < -0.3 is 9.41 Å². The summed E-state index contributed by atoms with van der Waals surface area (Å²) in [5.41, 5.74) is 0.930. The fourth-order valence-electron chi connectivity index (χ4n) is 2.18. The van der Waals surface area contributed by atoms with E-state index in [0.29, 0.717) is 6.42 Å². The van der Waals surface area contributed by atoms with Crippen LogP contribution in [0.15, 0.2) is 24.3 Å². The number of rotatable bonds is 6. The number of benzene rings is 1. The number of carbonyl (C=O) groups excluding carboxylic acids is 1. The minimum absolute atomic E-state index is 0.0416. The van der Waals surface area contributed by atoms with Crippen molar-refractivity contribution in [3.63, 3.8) is 0 Å². The van der Waals surface area contributed by atoms with Crippen molar-refractivity contribution in [3.05, 3.63) is 35.6 Å². The van der Waals surface area contributed by atoms with Crippen LogP contribution in [-0.4, -0.2) is 28.6 Å². The zero-order valence-corrected chi connectivity index (χ0v) is 20.8. The second-order valence-corrected chi connectivity index (χ2v) is 20.3. The average Bonchev–Trinajstić information content (AvgIpc) is 2.45. The van der Waals surface area contributed by atoms with Crippen LogP contribution in [0.4, 0.5) is 4.39 Å². The number of hydrogen-bond acceptors (Lipinski definition) is 3. The predicted octanol–water partition coefficient (Wildman–Crippen LogP) is 5.88. The Labute approximate surface area is 167 Å². The molecule has 154 valence electrons. The molecule has 3 nitrogen and oxygen atoms in total. The van der Waals surface area contributed by atoms with Crippen molar-refractivity contribution in [2.75, 3.05) is 0 Å². The minimum atomic E-state index is -2.21. The third-order valence-electron chi connectivity index (χ3n) is 6.21. The van der Waals surface area contributed by atoms with E-state index in [4.69, 9.17) is 4.43 Å². The fourth-order valence-corrected chi connectivity index (χ4v) is 4.65. The Morgan fingerprint density at radius 2 is 1.48 bits per heavy atom. The molecule has 0 radical (unpaired) electrons. The van der Waals surface area contributed by atoms with Crippen LogP contribution in [0.3, 0.4) is 0 Å². The molecule has 0 bridgehead atoms. The summed E-state index contributed by atoms with van der Waals surface area (Å²) < 4.78 is 19.4. The van der Waals surface area contributed by atoms with Gasteiger partial charge in [0.05, 0.1) is 0 Å². The first-order valence-corrected chi connectivity index (χ1v) is 15.6. The molecule has 1 aromatic carbocycles. The summed E-state index contributed by atoms with van der Waals surface area (Å²) in [6.45, 7) is 21.7. The Kier molecular flexibility index (Phi) is 7.28. The molecule has 0 heterocycles. The lowest BCUT2D eigenvalue weighted by Crippen LogP contribution is -2.60. The van der Waals surface area contributed by atoms with Gasteiger partial charge >= 0.3 is 5.97 Å². The maximum absolute atomic E-state index is 13.3. The van der Waals surface area contributed by atoms with Crippen molar-refractivity contribution in [1.29, 1.82) is 0 Å². The van der Waals surface area contributed by atoms with Gasteiger partial charge in [-0.05, 0) is 47.3 Å². The van der Waals surface area contributed by atoms with Crippen molar-refractivity contribution >= 4 is 22.5 Å². The van der Waals surface area contributed by atoms with Gasteiger partial charge in [-0.2, -0.15) is 0 Å². The van der Waals surface area contributed by atoms with E-state index in [2.05, 4.69) is 72.7 Å². The monoisotopic (exact) mass is 411 g/mol. The van der Waals surface area contributed by atoms with E-state index in [1.54, 1.807) is 12.1 Å². The highest BCUT2D eigenvalue weighted by Gasteiger charge is 2.44. The summed E-state index contributed by atoms with van der Waals surface area (Å²) in [7, 11) is -4.14. The SMILES string of the molecule is CC(C)(C)[Si](C)(C)NC(Cc1ccc(F)cc1)C(=O)O[Si](C)(C)C(C)(C)C. The summed E-state index contributed by atoms with van der Waals surface area (Å²) in [5.74, 6) is -0.452. The molecule has 0 aliphatic carbocycles. The normalized spacial score (nSPS) is 14.8. The molecule has 0 spiro atoms. The van der Waals surface area contributed by atoms with Gasteiger partial charge in [-0.15, -0.1) is 0 Å². The van der Waals surface area contributed by atoms with Crippen LogP contribution in [0.25, 0.3) is 0 Å². The zero-order valence-electron chi connectivity index (χ0n) is 18.8. The van der Waals surface area contributed by atoms with Gasteiger partial charge in [-0.1, -0.05) is 66.8 Å². The van der Waals surface area contributed by atoms with E-state index in [9.17, 15) is 9.18 Å². The lowest BCUT2D eigenvalue weighted by Gasteiger charge is -2.41. The molecule has 27 heavy (non-hydrogen) atoms. The highest BCUT2D eigenvalue weighted by molar-refractivity contribution is 6.78. The van der Waals surface area contributed by atoms with Crippen LogP contribution in [0, 0.1) is 5.82 Å². The van der Waals surface area contributed by atoms with E-state index in [-0.39, 0.29) is 21.9 Å². The van der Waals surface area contributed by atoms with E-state index < -0.39 is 22.6 Å². The molecule has 0 saturated carbocycles. The standard InChI is InChI=1S/C21H38FNO2Si2/c1-20(2,3)26(7,8)23-18(15-16-11-13-17(22)14-12-16)19(24)25-27(9,10)21(4,5)6/h11-14,18,23H,15H2,1-10H3. The topological polar surface area (TPSA) is 38.3 Å². The van der Waals surface area contributed by atoms with Crippen molar-refractivity contribution in [2.24, 2.45) is 0 Å². The van der Waals surface area contributed by atoms with E-state index in [0.717, 1.165) is 5.56 Å². The number of halogens is 1. The van der Waals surface area contributed by atoms with Gasteiger partial charge in [-0.25, -0.2) is 4.39 Å². The van der Waals surface area contributed by atoms with E-state index >= 15 is 0 Å². The molecule has 6 heteroatoms. The summed E-state index contributed by atoms with van der Waals surface area (Å²) in [4.78, 5) is 16.8. The van der Waals surface area contributed by atoms with Crippen LogP contribution < -0.4 is 4.98 Å². The second kappa shape index (κ2) is 8.17. The molecule has 0 aliphatic heterocycles. The highest BCUT2D eigenvalue weighted by Crippen LogP contribution is 2.37. The lowest BCUT2D eigenvalue weighted by molar-refractivity contribution is -0.137. The Balaban J connectivity index is 3.13. The Morgan fingerprint density at radius 1 is 1.00 bits per heavy atom. The molecule has 1 atom stereocenters. The Bertz CT molecular complexity index is 644. The Hall–Kier alpha value is -0.986. The van der Waals surface area contributed by atoms with Crippen LogP contribution in [0.5, 0.6) is 0 Å². The van der Waals surface area contributed by atoms with Crippen molar-refractivity contribution in [1.82, 2.24) is 4.98 Å². The Morgan fingerprint density at radius 3 is 1.89 bits per heavy atom. The molecule has 0 aromatic heterocycles. The summed E-state index contributed by atoms with van der Waals surface area (Å²) >= 11 is 0. The third-order valence-corrected chi connectivity index (χ3v) is 15.4. The number of carbonyl (C=O) groups is 1. The molecule has 1 N–H and O–H groups in total. The van der Waals surface area contributed by atoms with Gasteiger partial charge in [0.25, 0.3) is 8.32 Å². The van der Waals surface area contributed by atoms with Crippen LogP contribution >= 0.6 is 0 Å². The number of nitrogens with one attached hydrogen (secondary N) is 1. The minimum Gasteiger partial charge on any atom is -0.518 e. The fraction of sp³-hybridized carbons (Fsp3) is 0.667. The van der Waals surface area contributed by atoms with Crippen molar-refractivity contribution in [3.8, 4) is 0 Å². The zero-order chi connectivity index (χ0) is 21.3. The first kappa shape index (κ1) is 24.1. The molecular weight excluding hydrogens is 373 g/mol. The molecule has 0 amide bonds. The maximum atomic E-state index is 13.3. The summed E-state index contributed by atoms with van der Waals surface area (Å²) in [5, 5.41) is 0.0470. The maximum Gasteiger partial charge on any atom is 0.309 e. The first-order valence-electron chi connectivity index (χ1n) is 9.71. The van der Waals surface area contributed by atoms with E-state index in [1.807, 2.05) is 0 Å². The van der Waals surface area contributed by atoms with Crippen LogP contribution in [-0.2, 0) is 15.6 Å². The first-order chi connectivity index (χ1) is 12.0. The molecule has 1 aromatic rings. The summed E-state index contributed by atoms with van der Waals surface area (Å²) in [6.07, 6.45) is 0.500.